The second-order valence-electron chi connectivity index (χ2n) is 3.94. The zero-order valence-electron chi connectivity index (χ0n) is 11.3. The molecule has 0 spiro atoms. The molecular weight excluding hydrogens is 283 g/mol. The molecule has 1 rings (SSSR count). The molecule has 2 amide bonds. The highest BCUT2D eigenvalue weighted by molar-refractivity contribution is 7.98. The molecule has 0 aromatic heterocycles. The van der Waals surface area contributed by atoms with Gasteiger partial charge in [0.25, 0.3) is 0 Å². The first-order valence-electron chi connectivity index (χ1n) is 5.97. The number of carbonyl (C=O) groups excluding carboxylic acids is 2. The Morgan fingerprint density at radius 1 is 1.40 bits per heavy atom. The molecule has 0 aliphatic rings. The fourth-order valence-corrected chi connectivity index (χ4v) is 1.98. The zero-order valence-corrected chi connectivity index (χ0v) is 12.1. The third-order valence-corrected chi connectivity index (χ3v) is 3.17. The van der Waals surface area contributed by atoms with Gasteiger partial charge in [-0.05, 0) is 30.6 Å². The van der Waals surface area contributed by atoms with Crippen LogP contribution in [0.1, 0.15) is 6.42 Å². The summed E-state index contributed by atoms with van der Waals surface area (Å²) >= 11 is 1.55. The molecule has 0 heterocycles. The van der Waals surface area contributed by atoms with Gasteiger partial charge in [-0.1, -0.05) is 12.1 Å². The van der Waals surface area contributed by atoms with Crippen LogP contribution in [0.2, 0.25) is 0 Å². The van der Waals surface area contributed by atoms with E-state index in [1.54, 1.807) is 17.8 Å². The number of urea groups is 1. The topological polar surface area (TPSA) is 67.4 Å². The Morgan fingerprint density at radius 2 is 2.10 bits per heavy atom. The van der Waals surface area contributed by atoms with Gasteiger partial charge in [0.15, 0.2) is 0 Å². The van der Waals surface area contributed by atoms with Crippen molar-refractivity contribution < 1.29 is 18.7 Å². The van der Waals surface area contributed by atoms with Gasteiger partial charge in [0, 0.05) is 0 Å². The van der Waals surface area contributed by atoms with Crippen LogP contribution in [0.25, 0.3) is 0 Å². The lowest BCUT2D eigenvalue weighted by molar-refractivity contribution is -0.142. The van der Waals surface area contributed by atoms with E-state index < -0.39 is 23.9 Å². The van der Waals surface area contributed by atoms with E-state index >= 15 is 0 Å². The second-order valence-corrected chi connectivity index (χ2v) is 4.92. The van der Waals surface area contributed by atoms with Gasteiger partial charge in [-0.3, -0.25) is 0 Å². The Balaban J connectivity index is 2.61. The van der Waals surface area contributed by atoms with Crippen molar-refractivity contribution in [3.8, 4) is 0 Å². The summed E-state index contributed by atoms with van der Waals surface area (Å²) in [5, 5.41) is 4.83. The van der Waals surface area contributed by atoms with Crippen LogP contribution >= 0.6 is 11.8 Å². The first-order valence-corrected chi connectivity index (χ1v) is 7.36. The van der Waals surface area contributed by atoms with Crippen LogP contribution in [0.5, 0.6) is 0 Å². The van der Waals surface area contributed by atoms with Gasteiger partial charge in [-0.15, -0.1) is 0 Å². The zero-order chi connectivity index (χ0) is 15.0. The maximum absolute atomic E-state index is 13.4. The standard InChI is InChI=1S/C13H17FN2O3S/c1-19-12(17)11(7-8-20-2)16-13(18)15-10-6-4-3-5-9(10)14/h3-6,11H,7-8H2,1-2H3,(H2,15,16,18). The summed E-state index contributed by atoms with van der Waals surface area (Å²) in [6.45, 7) is 0. The fraction of sp³-hybridized carbons (Fsp3) is 0.385. The molecule has 7 heteroatoms. The third kappa shape index (κ3) is 5.08. The van der Waals surface area contributed by atoms with Gasteiger partial charge in [-0.25, -0.2) is 14.0 Å². The number of rotatable bonds is 6. The smallest absolute Gasteiger partial charge is 0.328 e. The number of para-hydroxylation sites is 1. The Labute approximate surface area is 121 Å². The average molecular weight is 300 g/mol. The van der Waals surface area contributed by atoms with Crippen molar-refractivity contribution in [2.75, 3.05) is 24.4 Å². The second kappa shape index (κ2) is 8.42. The summed E-state index contributed by atoms with van der Waals surface area (Å²) in [6.07, 6.45) is 2.34. The molecule has 0 saturated carbocycles. The summed E-state index contributed by atoms with van der Waals surface area (Å²) < 4.78 is 18.0. The highest BCUT2D eigenvalue weighted by atomic mass is 32.2. The number of hydrogen-bond acceptors (Lipinski definition) is 4. The lowest BCUT2D eigenvalue weighted by Gasteiger charge is -2.16. The quantitative estimate of drug-likeness (QED) is 0.791. The molecule has 1 aromatic carbocycles. The van der Waals surface area contributed by atoms with Crippen molar-refractivity contribution in [1.29, 1.82) is 0 Å². The van der Waals surface area contributed by atoms with E-state index in [0.29, 0.717) is 12.2 Å². The molecule has 5 nitrogen and oxygen atoms in total. The summed E-state index contributed by atoms with van der Waals surface area (Å²) in [4.78, 5) is 23.3. The number of anilines is 1. The van der Waals surface area contributed by atoms with Gasteiger partial charge in [0.05, 0.1) is 12.8 Å². The number of ether oxygens (including phenoxy) is 1. The van der Waals surface area contributed by atoms with Crippen molar-refractivity contribution in [3.63, 3.8) is 0 Å². The van der Waals surface area contributed by atoms with Crippen LogP contribution in [0, 0.1) is 5.82 Å². The molecule has 0 bridgehead atoms. The Kier molecular flexibility index (Phi) is 6.86. The molecule has 0 fully saturated rings. The maximum Gasteiger partial charge on any atom is 0.328 e. The van der Waals surface area contributed by atoms with Crippen molar-refractivity contribution in [2.24, 2.45) is 0 Å². The molecule has 20 heavy (non-hydrogen) atoms. The van der Waals surface area contributed by atoms with E-state index in [0.717, 1.165) is 0 Å². The van der Waals surface area contributed by atoms with E-state index in [-0.39, 0.29) is 5.69 Å². The molecule has 0 aliphatic carbocycles. The van der Waals surface area contributed by atoms with Gasteiger partial charge in [0.1, 0.15) is 11.9 Å². The number of benzene rings is 1. The molecule has 0 radical (unpaired) electrons. The fourth-order valence-electron chi connectivity index (χ4n) is 1.51. The third-order valence-electron chi connectivity index (χ3n) is 2.52. The number of carbonyl (C=O) groups is 2. The van der Waals surface area contributed by atoms with Crippen molar-refractivity contribution >= 4 is 29.4 Å². The number of thioether (sulfide) groups is 1. The van der Waals surface area contributed by atoms with Gasteiger partial charge < -0.3 is 15.4 Å². The Hall–Kier alpha value is -1.76. The predicted octanol–water partition coefficient (Wildman–Crippen LogP) is 2.24. The molecule has 1 aromatic rings. The predicted molar refractivity (Wildman–Crippen MR) is 77.4 cm³/mol. The normalized spacial score (nSPS) is 11.6. The summed E-state index contributed by atoms with van der Waals surface area (Å²) in [5.74, 6) is -0.371. The Bertz CT molecular complexity index is 471. The summed E-state index contributed by atoms with van der Waals surface area (Å²) in [6, 6.07) is 4.40. The molecule has 110 valence electrons. The minimum absolute atomic E-state index is 0.0542. The lowest BCUT2D eigenvalue weighted by Crippen LogP contribution is -2.44. The van der Waals surface area contributed by atoms with Crippen LogP contribution in [0.3, 0.4) is 0 Å². The molecule has 1 unspecified atom stereocenters. The molecule has 2 N–H and O–H groups in total. The van der Waals surface area contributed by atoms with E-state index in [9.17, 15) is 14.0 Å². The summed E-state index contributed by atoms with van der Waals surface area (Å²) in [7, 11) is 1.25. The molecule has 1 atom stereocenters. The number of hydrogen-bond donors (Lipinski definition) is 2. The van der Waals surface area contributed by atoms with E-state index in [2.05, 4.69) is 15.4 Å². The van der Waals surface area contributed by atoms with Crippen molar-refractivity contribution in [2.45, 2.75) is 12.5 Å². The van der Waals surface area contributed by atoms with Crippen molar-refractivity contribution in [1.82, 2.24) is 5.32 Å². The number of halogens is 1. The largest absolute Gasteiger partial charge is 0.467 e. The summed E-state index contributed by atoms with van der Waals surface area (Å²) in [5.41, 5.74) is 0.0542. The van der Waals surface area contributed by atoms with Crippen LogP contribution < -0.4 is 10.6 Å². The number of amides is 2. The minimum atomic E-state index is -0.751. The van der Waals surface area contributed by atoms with E-state index in [1.807, 2.05) is 6.26 Å². The van der Waals surface area contributed by atoms with Crippen LogP contribution in [0.15, 0.2) is 24.3 Å². The van der Waals surface area contributed by atoms with Gasteiger partial charge in [-0.2, -0.15) is 11.8 Å². The van der Waals surface area contributed by atoms with Crippen molar-refractivity contribution in [3.05, 3.63) is 30.1 Å². The van der Waals surface area contributed by atoms with Crippen LogP contribution in [0.4, 0.5) is 14.9 Å². The highest BCUT2D eigenvalue weighted by Crippen LogP contribution is 2.12. The number of methoxy groups -OCH3 is 1. The van der Waals surface area contributed by atoms with E-state index in [4.69, 9.17) is 0 Å². The SMILES string of the molecule is COC(=O)C(CCSC)NC(=O)Nc1ccccc1F. The van der Waals surface area contributed by atoms with Crippen LogP contribution in [-0.4, -0.2) is 37.2 Å². The average Bonchev–Trinajstić information content (AvgIpc) is 2.45. The van der Waals surface area contributed by atoms with Gasteiger partial charge >= 0.3 is 12.0 Å². The monoisotopic (exact) mass is 300 g/mol. The van der Waals surface area contributed by atoms with E-state index in [1.165, 1.54) is 25.3 Å². The first kappa shape index (κ1) is 16.3. The Morgan fingerprint density at radius 3 is 2.70 bits per heavy atom. The number of nitrogens with one attached hydrogen (secondary N) is 2. The van der Waals surface area contributed by atoms with Crippen LogP contribution in [-0.2, 0) is 9.53 Å². The highest BCUT2D eigenvalue weighted by Gasteiger charge is 2.21. The first-order chi connectivity index (χ1) is 9.58. The maximum atomic E-state index is 13.4. The lowest BCUT2D eigenvalue weighted by atomic mass is 10.2. The molecule has 0 saturated heterocycles. The minimum Gasteiger partial charge on any atom is -0.467 e. The molecule has 0 aliphatic heterocycles. The molecular formula is C13H17FN2O3S. The van der Waals surface area contributed by atoms with Gasteiger partial charge in [0.2, 0.25) is 0 Å². The number of esters is 1.